The van der Waals surface area contributed by atoms with Crippen LogP contribution in [0, 0.1) is 11.6 Å². The molecule has 1 aromatic heterocycles. The molecule has 0 saturated carbocycles. The molecule has 6 heteroatoms. The van der Waals surface area contributed by atoms with Crippen molar-refractivity contribution >= 4 is 5.91 Å². The maximum Gasteiger partial charge on any atom is 0.253 e. The average Bonchev–Trinajstić information content (AvgIpc) is 2.76. The number of hydrogen-bond acceptors (Lipinski definition) is 3. The van der Waals surface area contributed by atoms with Gasteiger partial charge in [-0.15, -0.1) is 0 Å². The lowest BCUT2D eigenvalue weighted by Gasteiger charge is -2.32. The molecule has 1 fully saturated rings. The highest BCUT2D eigenvalue weighted by Crippen LogP contribution is 2.20. The van der Waals surface area contributed by atoms with Gasteiger partial charge in [0.05, 0.1) is 11.3 Å². The second-order valence-corrected chi connectivity index (χ2v) is 7.57. The van der Waals surface area contributed by atoms with Gasteiger partial charge in [0.2, 0.25) is 0 Å². The van der Waals surface area contributed by atoms with E-state index >= 15 is 0 Å². The second-order valence-electron chi connectivity index (χ2n) is 7.57. The molecule has 0 atom stereocenters. The molecule has 3 aromatic rings. The van der Waals surface area contributed by atoms with Crippen molar-refractivity contribution < 1.29 is 13.6 Å². The Morgan fingerprint density at radius 2 is 1.83 bits per heavy atom. The fourth-order valence-electron chi connectivity index (χ4n) is 3.75. The Balaban J connectivity index is 1.30. The van der Waals surface area contributed by atoms with Crippen LogP contribution in [0.15, 0.2) is 66.9 Å². The largest absolute Gasteiger partial charge is 0.349 e. The van der Waals surface area contributed by atoms with Crippen LogP contribution in [0.4, 0.5) is 8.78 Å². The summed E-state index contributed by atoms with van der Waals surface area (Å²) in [4.78, 5) is 19.1. The van der Waals surface area contributed by atoms with Gasteiger partial charge >= 0.3 is 0 Å². The number of carbonyl (C=O) groups excluding carboxylic acids is 1. The summed E-state index contributed by atoms with van der Waals surface area (Å²) in [7, 11) is 0. The maximum absolute atomic E-state index is 13.9. The van der Waals surface area contributed by atoms with E-state index in [-0.39, 0.29) is 23.6 Å². The topological polar surface area (TPSA) is 45.2 Å². The molecule has 30 heavy (non-hydrogen) atoms. The van der Waals surface area contributed by atoms with Crippen molar-refractivity contribution in [2.75, 3.05) is 13.1 Å². The van der Waals surface area contributed by atoms with Crippen LogP contribution in [0.5, 0.6) is 0 Å². The van der Waals surface area contributed by atoms with E-state index in [2.05, 4.69) is 15.2 Å². The molecule has 1 N–H and O–H groups in total. The zero-order valence-corrected chi connectivity index (χ0v) is 16.5. The van der Waals surface area contributed by atoms with E-state index in [1.54, 1.807) is 42.5 Å². The van der Waals surface area contributed by atoms with Crippen molar-refractivity contribution in [3.8, 4) is 11.3 Å². The number of piperidine rings is 1. The summed E-state index contributed by atoms with van der Waals surface area (Å²) in [5.41, 5.74) is 2.32. The summed E-state index contributed by atoms with van der Waals surface area (Å²) in [6.45, 7) is 2.39. The number of pyridine rings is 1. The second kappa shape index (κ2) is 9.13. The molecule has 4 rings (SSSR count). The monoisotopic (exact) mass is 407 g/mol. The number of nitrogens with one attached hydrogen (secondary N) is 1. The van der Waals surface area contributed by atoms with Crippen LogP contribution in [0.2, 0.25) is 0 Å². The number of aromatic nitrogens is 1. The van der Waals surface area contributed by atoms with Crippen molar-refractivity contribution in [1.82, 2.24) is 15.2 Å². The highest BCUT2D eigenvalue weighted by atomic mass is 19.1. The van der Waals surface area contributed by atoms with Crippen molar-refractivity contribution in [1.29, 1.82) is 0 Å². The molecule has 2 heterocycles. The molecule has 1 saturated heterocycles. The quantitative estimate of drug-likeness (QED) is 0.681. The van der Waals surface area contributed by atoms with Gasteiger partial charge in [-0.05, 0) is 54.8 Å². The molecule has 0 spiro atoms. The predicted octanol–water partition coefficient (Wildman–Crippen LogP) is 4.42. The van der Waals surface area contributed by atoms with Crippen molar-refractivity contribution in [2.45, 2.75) is 25.4 Å². The summed E-state index contributed by atoms with van der Waals surface area (Å²) in [5, 5.41) is 3.06. The van der Waals surface area contributed by atoms with Gasteiger partial charge in [-0.2, -0.15) is 0 Å². The van der Waals surface area contributed by atoms with Crippen molar-refractivity contribution in [3.63, 3.8) is 0 Å². The number of halogens is 2. The molecule has 1 amide bonds. The van der Waals surface area contributed by atoms with E-state index in [1.165, 1.54) is 18.3 Å². The number of hydrogen-bond donors (Lipinski definition) is 1. The number of rotatable bonds is 5. The number of likely N-dealkylation sites (tertiary alicyclic amines) is 1. The lowest BCUT2D eigenvalue weighted by atomic mass is 10.0. The molecule has 154 valence electrons. The fraction of sp³-hybridized carbons (Fsp3) is 0.250. The first-order chi connectivity index (χ1) is 14.6. The van der Waals surface area contributed by atoms with Crippen LogP contribution in [0.1, 0.15) is 28.8 Å². The van der Waals surface area contributed by atoms with Crippen LogP contribution in [-0.4, -0.2) is 34.9 Å². The molecule has 0 aliphatic carbocycles. The first-order valence-electron chi connectivity index (χ1n) is 10.1. The minimum absolute atomic E-state index is 0.0903. The Kier molecular flexibility index (Phi) is 6.14. The Labute approximate surface area is 174 Å². The SMILES string of the molecule is O=C(NC1CCN(Cc2cccc(F)c2)CC1)c1ccc(-c2ccccc2F)nc1. The molecular formula is C24H23F2N3O. The highest BCUT2D eigenvalue weighted by molar-refractivity contribution is 5.94. The molecule has 1 aliphatic heterocycles. The Hall–Kier alpha value is -3.12. The van der Waals surface area contributed by atoms with E-state index in [4.69, 9.17) is 0 Å². The van der Waals surface area contributed by atoms with Crippen LogP contribution in [-0.2, 0) is 6.54 Å². The number of nitrogens with zero attached hydrogens (tertiary/aromatic N) is 2. The standard InChI is InChI=1S/C24H23F2N3O/c25-19-5-3-4-17(14-19)16-29-12-10-20(11-13-29)28-24(30)18-8-9-23(27-15-18)21-6-1-2-7-22(21)26/h1-9,14-15,20H,10-13,16H2,(H,28,30). The Morgan fingerprint density at radius 3 is 2.53 bits per heavy atom. The van der Waals surface area contributed by atoms with Crippen LogP contribution in [0.3, 0.4) is 0 Å². The molecule has 0 radical (unpaired) electrons. The van der Waals surface area contributed by atoms with Crippen molar-refractivity contribution in [2.24, 2.45) is 0 Å². The zero-order valence-electron chi connectivity index (χ0n) is 16.5. The number of amides is 1. The van der Waals surface area contributed by atoms with Gasteiger partial charge in [0.15, 0.2) is 0 Å². The first-order valence-corrected chi connectivity index (χ1v) is 10.1. The van der Waals surface area contributed by atoms with Gasteiger partial charge in [-0.25, -0.2) is 8.78 Å². The summed E-state index contributed by atoms with van der Waals surface area (Å²) < 4.78 is 27.2. The fourth-order valence-corrected chi connectivity index (χ4v) is 3.75. The zero-order chi connectivity index (χ0) is 20.9. The maximum atomic E-state index is 13.9. The lowest BCUT2D eigenvalue weighted by molar-refractivity contribution is 0.0908. The van der Waals surface area contributed by atoms with Crippen LogP contribution in [0.25, 0.3) is 11.3 Å². The third-order valence-corrected chi connectivity index (χ3v) is 5.39. The molecular weight excluding hydrogens is 384 g/mol. The summed E-state index contributed by atoms with van der Waals surface area (Å²) in [5.74, 6) is -0.734. The van der Waals surface area contributed by atoms with E-state index in [9.17, 15) is 13.6 Å². The van der Waals surface area contributed by atoms with E-state index in [0.717, 1.165) is 31.5 Å². The minimum Gasteiger partial charge on any atom is -0.349 e. The summed E-state index contributed by atoms with van der Waals surface area (Å²) >= 11 is 0. The van der Waals surface area contributed by atoms with Gasteiger partial charge in [0.1, 0.15) is 11.6 Å². The third kappa shape index (κ3) is 4.89. The Morgan fingerprint density at radius 1 is 1.03 bits per heavy atom. The normalized spacial score (nSPS) is 15.1. The first kappa shape index (κ1) is 20.2. The number of benzene rings is 2. The van der Waals surface area contributed by atoms with Gasteiger partial charge in [-0.3, -0.25) is 14.7 Å². The van der Waals surface area contributed by atoms with Gasteiger partial charge in [0.25, 0.3) is 5.91 Å². The van der Waals surface area contributed by atoms with Gasteiger partial charge in [0, 0.05) is 37.4 Å². The molecule has 0 bridgehead atoms. The highest BCUT2D eigenvalue weighted by Gasteiger charge is 2.21. The molecule has 4 nitrogen and oxygen atoms in total. The van der Waals surface area contributed by atoms with Crippen LogP contribution >= 0.6 is 0 Å². The molecule has 0 unspecified atom stereocenters. The minimum atomic E-state index is -0.341. The van der Waals surface area contributed by atoms with E-state index < -0.39 is 0 Å². The summed E-state index contributed by atoms with van der Waals surface area (Å²) in [6.07, 6.45) is 3.15. The average molecular weight is 407 g/mol. The van der Waals surface area contributed by atoms with E-state index in [1.807, 2.05) is 6.07 Å². The number of carbonyl (C=O) groups is 1. The molecule has 1 aliphatic rings. The Bertz CT molecular complexity index is 1010. The predicted molar refractivity (Wildman–Crippen MR) is 112 cm³/mol. The smallest absolute Gasteiger partial charge is 0.253 e. The van der Waals surface area contributed by atoms with Gasteiger partial charge < -0.3 is 5.32 Å². The van der Waals surface area contributed by atoms with Crippen molar-refractivity contribution in [3.05, 3.63) is 89.6 Å². The molecule has 2 aromatic carbocycles. The van der Waals surface area contributed by atoms with E-state index in [0.29, 0.717) is 23.4 Å². The lowest BCUT2D eigenvalue weighted by Crippen LogP contribution is -2.44. The summed E-state index contributed by atoms with van der Waals surface area (Å²) in [6, 6.07) is 16.5. The van der Waals surface area contributed by atoms with Crippen LogP contribution < -0.4 is 5.32 Å². The third-order valence-electron chi connectivity index (χ3n) is 5.39. The van der Waals surface area contributed by atoms with Gasteiger partial charge in [-0.1, -0.05) is 24.3 Å².